The van der Waals surface area contributed by atoms with Gasteiger partial charge in [0, 0.05) is 12.5 Å². The van der Waals surface area contributed by atoms with Crippen LogP contribution in [-0.2, 0) is 4.79 Å². The summed E-state index contributed by atoms with van der Waals surface area (Å²) in [7, 11) is 0. The Balaban J connectivity index is 0.00000162. The molecular weight excluding hydrogens is 248 g/mol. The number of piperidine rings is 1. The molecule has 106 valence electrons. The molecular formula is C14H27ClN2O. The molecule has 1 saturated heterocycles. The number of amides is 1. The van der Waals surface area contributed by atoms with E-state index >= 15 is 0 Å². The van der Waals surface area contributed by atoms with Crippen molar-refractivity contribution in [2.45, 2.75) is 52.0 Å². The molecule has 0 aromatic heterocycles. The van der Waals surface area contributed by atoms with Crippen molar-refractivity contribution >= 4 is 18.3 Å². The van der Waals surface area contributed by atoms with Crippen LogP contribution >= 0.6 is 12.4 Å². The van der Waals surface area contributed by atoms with Gasteiger partial charge in [-0.3, -0.25) is 4.79 Å². The van der Waals surface area contributed by atoms with Gasteiger partial charge in [0.05, 0.1) is 0 Å². The summed E-state index contributed by atoms with van der Waals surface area (Å²) in [6, 6.07) is 0.467. The van der Waals surface area contributed by atoms with Crippen molar-refractivity contribution in [3.63, 3.8) is 0 Å². The van der Waals surface area contributed by atoms with E-state index in [0.29, 0.717) is 24.3 Å². The van der Waals surface area contributed by atoms with Crippen molar-refractivity contribution < 1.29 is 4.79 Å². The standard InChI is InChI=1S/C14H26N2O.ClH/c1-10-6-13(7-10)16-14(17)8-11(2)12-4-3-5-15-9-12;/h10-13,15H,3-9H2,1-2H3,(H,16,17);1H. The normalized spacial score (nSPS) is 32.9. The minimum Gasteiger partial charge on any atom is -0.353 e. The fourth-order valence-corrected chi connectivity index (χ4v) is 3.13. The minimum atomic E-state index is 0. The van der Waals surface area contributed by atoms with Crippen molar-refractivity contribution in [1.82, 2.24) is 10.6 Å². The van der Waals surface area contributed by atoms with Crippen LogP contribution in [0.5, 0.6) is 0 Å². The quantitative estimate of drug-likeness (QED) is 0.826. The lowest BCUT2D eigenvalue weighted by Gasteiger charge is -2.34. The first-order valence-electron chi connectivity index (χ1n) is 7.15. The molecule has 3 nitrogen and oxygen atoms in total. The molecule has 0 spiro atoms. The van der Waals surface area contributed by atoms with Crippen LogP contribution in [0.25, 0.3) is 0 Å². The molecule has 2 N–H and O–H groups in total. The maximum absolute atomic E-state index is 11.9. The molecule has 1 saturated carbocycles. The molecule has 1 aliphatic heterocycles. The van der Waals surface area contributed by atoms with Gasteiger partial charge in [-0.1, -0.05) is 13.8 Å². The highest BCUT2D eigenvalue weighted by Gasteiger charge is 2.28. The Morgan fingerprint density at radius 3 is 2.72 bits per heavy atom. The van der Waals surface area contributed by atoms with Crippen LogP contribution < -0.4 is 10.6 Å². The Bertz CT molecular complexity index is 261. The first-order chi connectivity index (χ1) is 8.15. The number of nitrogens with one attached hydrogen (secondary N) is 2. The number of carbonyl (C=O) groups is 1. The van der Waals surface area contributed by atoms with Gasteiger partial charge in [0.25, 0.3) is 0 Å². The Morgan fingerprint density at radius 2 is 2.17 bits per heavy atom. The highest BCUT2D eigenvalue weighted by atomic mass is 35.5. The molecule has 2 unspecified atom stereocenters. The highest BCUT2D eigenvalue weighted by Crippen LogP contribution is 2.27. The second kappa shape index (κ2) is 7.34. The van der Waals surface area contributed by atoms with E-state index in [-0.39, 0.29) is 18.3 Å². The topological polar surface area (TPSA) is 41.1 Å². The Labute approximate surface area is 117 Å². The van der Waals surface area contributed by atoms with Crippen LogP contribution in [0.4, 0.5) is 0 Å². The van der Waals surface area contributed by atoms with Gasteiger partial charge in [-0.15, -0.1) is 12.4 Å². The van der Waals surface area contributed by atoms with E-state index in [9.17, 15) is 4.79 Å². The van der Waals surface area contributed by atoms with Gasteiger partial charge in [-0.25, -0.2) is 0 Å². The van der Waals surface area contributed by atoms with Gasteiger partial charge >= 0.3 is 0 Å². The first-order valence-corrected chi connectivity index (χ1v) is 7.15. The number of halogens is 1. The van der Waals surface area contributed by atoms with E-state index in [4.69, 9.17) is 0 Å². The molecule has 2 aliphatic rings. The lowest BCUT2D eigenvalue weighted by Crippen LogP contribution is -2.44. The molecule has 2 rings (SSSR count). The number of hydrogen-bond acceptors (Lipinski definition) is 2. The summed E-state index contributed by atoms with van der Waals surface area (Å²) in [6.45, 7) is 6.71. The molecule has 2 fully saturated rings. The van der Waals surface area contributed by atoms with Gasteiger partial charge in [0.15, 0.2) is 0 Å². The smallest absolute Gasteiger partial charge is 0.220 e. The molecule has 1 heterocycles. The van der Waals surface area contributed by atoms with E-state index in [2.05, 4.69) is 24.5 Å². The van der Waals surface area contributed by atoms with E-state index < -0.39 is 0 Å². The molecule has 2 atom stereocenters. The second-order valence-corrected chi connectivity index (χ2v) is 6.13. The van der Waals surface area contributed by atoms with Gasteiger partial charge in [0.1, 0.15) is 0 Å². The van der Waals surface area contributed by atoms with E-state index in [0.717, 1.165) is 19.0 Å². The zero-order chi connectivity index (χ0) is 12.3. The number of carbonyl (C=O) groups excluding carboxylic acids is 1. The first kappa shape index (κ1) is 15.8. The fraction of sp³-hybridized carbons (Fsp3) is 0.929. The largest absolute Gasteiger partial charge is 0.353 e. The summed E-state index contributed by atoms with van der Waals surface area (Å²) >= 11 is 0. The summed E-state index contributed by atoms with van der Waals surface area (Å²) in [5.41, 5.74) is 0. The van der Waals surface area contributed by atoms with Gasteiger partial charge in [-0.05, 0) is 56.5 Å². The van der Waals surface area contributed by atoms with E-state index in [1.807, 2.05) is 0 Å². The SMILES string of the molecule is CC1CC(NC(=O)CC(C)C2CCCNC2)C1.Cl. The maximum Gasteiger partial charge on any atom is 0.220 e. The lowest BCUT2D eigenvalue weighted by atomic mass is 9.81. The number of hydrogen-bond donors (Lipinski definition) is 2. The van der Waals surface area contributed by atoms with Crippen LogP contribution in [0.2, 0.25) is 0 Å². The Morgan fingerprint density at radius 1 is 1.44 bits per heavy atom. The molecule has 1 amide bonds. The van der Waals surface area contributed by atoms with Crippen LogP contribution in [0.3, 0.4) is 0 Å². The molecule has 1 aliphatic carbocycles. The second-order valence-electron chi connectivity index (χ2n) is 6.13. The van der Waals surface area contributed by atoms with Crippen LogP contribution in [0.1, 0.15) is 46.0 Å². The average molecular weight is 275 g/mol. The van der Waals surface area contributed by atoms with Crippen LogP contribution in [0, 0.1) is 17.8 Å². The van der Waals surface area contributed by atoms with Crippen molar-refractivity contribution in [3.05, 3.63) is 0 Å². The summed E-state index contributed by atoms with van der Waals surface area (Å²) in [5, 5.41) is 6.58. The third-order valence-electron chi connectivity index (χ3n) is 4.39. The molecule has 0 aromatic rings. The van der Waals surface area contributed by atoms with Gasteiger partial charge < -0.3 is 10.6 Å². The lowest BCUT2D eigenvalue weighted by molar-refractivity contribution is -0.123. The summed E-state index contributed by atoms with van der Waals surface area (Å²) in [4.78, 5) is 11.9. The van der Waals surface area contributed by atoms with Crippen LogP contribution in [0.15, 0.2) is 0 Å². The monoisotopic (exact) mass is 274 g/mol. The summed E-state index contributed by atoms with van der Waals surface area (Å²) in [6.07, 6.45) is 5.59. The zero-order valence-corrected chi connectivity index (χ0v) is 12.4. The number of rotatable bonds is 4. The van der Waals surface area contributed by atoms with Crippen molar-refractivity contribution in [3.8, 4) is 0 Å². The predicted octanol–water partition coefficient (Wildman–Crippen LogP) is 2.35. The molecule has 18 heavy (non-hydrogen) atoms. The van der Waals surface area contributed by atoms with Crippen molar-refractivity contribution in [2.24, 2.45) is 17.8 Å². The third kappa shape index (κ3) is 4.43. The molecule has 0 aromatic carbocycles. The van der Waals surface area contributed by atoms with Crippen molar-refractivity contribution in [1.29, 1.82) is 0 Å². The highest BCUT2D eigenvalue weighted by molar-refractivity contribution is 5.85. The minimum absolute atomic E-state index is 0. The predicted molar refractivity (Wildman–Crippen MR) is 77.0 cm³/mol. The van der Waals surface area contributed by atoms with E-state index in [1.54, 1.807) is 0 Å². The van der Waals surface area contributed by atoms with Gasteiger partial charge in [-0.2, -0.15) is 0 Å². The summed E-state index contributed by atoms with van der Waals surface area (Å²) < 4.78 is 0. The zero-order valence-electron chi connectivity index (χ0n) is 11.6. The molecule has 4 heteroatoms. The van der Waals surface area contributed by atoms with Crippen molar-refractivity contribution in [2.75, 3.05) is 13.1 Å². The Kier molecular flexibility index (Phi) is 6.44. The average Bonchev–Trinajstić information content (AvgIpc) is 2.28. The van der Waals surface area contributed by atoms with E-state index in [1.165, 1.54) is 25.7 Å². The molecule has 0 radical (unpaired) electrons. The summed E-state index contributed by atoms with van der Waals surface area (Å²) in [5.74, 6) is 2.27. The Hall–Kier alpha value is -0.280. The molecule has 0 bridgehead atoms. The van der Waals surface area contributed by atoms with Crippen LogP contribution in [-0.4, -0.2) is 25.0 Å². The maximum atomic E-state index is 11.9. The fourth-order valence-electron chi connectivity index (χ4n) is 3.13. The third-order valence-corrected chi connectivity index (χ3v) is 4.39. The van der Waals surface area contributed by atoms with Gasteiger partial charge in [0.2, 0.25) is 5.91 Å².